The number of pyridine rings is 1. The van der Waals surface area contributed by atoms with Crippen molar-refractivity contribution in [1.29, 1.82) is 0 Å². The van der Waals surface area contributed by atoms with Crippen LogP contribution in [0.15, 0.2) is 30.5 Å². The first kappa shape index (κ1) is 9.58. The van der Waals surface area contributed by atoms with Gasteiger partial charge in [-0.2, -0.15) is 5.10 Å². The van der Waals surface area contributed by atoms with Crippen molar-refractivity contribution in [2.24, 2.45) is 0 Å². The highest BCUT2D eigenvalue weighted by atomic mass is 16.1. The Hall–Kier alpha value is -1.64. The lowest BCUT2D eigenvalue weighted by Crippen LogP contribution is -2.15. The summed E-state index contributed by atoms with van der Waals surface area (Å²) in [5.41, 5.74) is 2.38. The monoisotopic (exact) mass is 214 g/mol. The second-order valence-corrected chi connectivity index (χ2v) is 4.43. The Kier molecular flexibility index (Phi) is 2.24. The number of carbonyl (C=O) groups is 1. The van der Waals surface area contributed by atoms with E-state index in [-0.39, 0.29) is 0 Å². The summed E-state index contributed by atoms with van der Waals surface area (Å²) in [5, 5.41) is 4.34. The summed E-state index contributed by atoms with van der Waals surface area (Å²) in [6, 6.07) is 8.27. The minimum absolute atomic E-state index is 0.406. The van der Waals surface area contributed by atoms with Crippen LogP contribution in [0.25, 0.3) is 5.52 Å². The van der Waals surface area contributed by atoms with E-state index in [1.54, 1.807) is 0 Å². The van der Waals surface area contributed by atoms with Crippen molar-refractivity contribution in [3.8, 4) is 0 Å². The summed E-state index contributed by atoms with van der Waals surface area (Å²) in [6.45, 7) is 0. The smallest absolute Gasteiger partial charge is 0.132 e. The Labute approximate surface area is 94.1 Å². The Bertz CT molecular complexity index is 519. The van der Waals surface area contributed by atoms with Crippen LogP contribution in [0.1, 0.15) is 37.3 Å². The van der Waals surface area contributed by atoms with Crippen molar-refractivity contribution in [3.63, 3.8) is 0 Å². The van der Waals surface area contributed by atoms with Gasteiger partial charge in [-0.3, -0.25) is 4.79 Å². The Balaban J connectivity index is 1.99. The normalized spacial score (nSPS) is 18.1. The molecule has 3 nitrogen and oxygen atoms in total. The van der Waals surface area contributed by atoms with Crippen LogP contribution in [0.5, 0.6) is 0 Å². The SMILES string of the molecule is O=C1CCC(c2cccc3ccnn23)CC1. The van der Waals surface area contributed by atoms with Gasteiger partial charge in [0.05, 0.1) is 5.52 Å². The molecule has 0 aliphatic heterocycles. The molecule has 16 heavy (non-hydrogen) atoms. The molecule has 3 rings (SSSR count). The maximum Gasteiger partial charge on any atom is 0.132 e. The summed E-state index contributed by atoms with van der Waals surface area (Å²) in [5.74, 6) is 0.894. The fraction of sp³-hybridized carbons (Fsp3) is 0.385. The molecule has 2 heterocycles. The minimum Gasteiger partial charge on any atom is -0.300 e. The molecule has 0 bridgehead atoms. The van der Waals surface area contributed by atoms with Gasteiger partial charge in [0.2, 0.25) is 0 Å². The van der Waals surface area contributed by atoms with Crippen LogP contribution in [0.4, 0.5) is 0 Å². The molecule has 1 aliphatic rings. The molecule has 0 spiro atoms. The fourth-order valence-corrected chi connectivity index (χ4v) is 2.52. The largest absolute Gasteiger partial charge is 0.300 e. The van der Waals surface area contributed by atoms with E-state index < -0.39 is 0 Å². The molecule has 0 saturated heterocycles. The van der Waals surface area contributed by atoms with Gasteiger partial charge in [-0.15, -0.1) is 0 Å². The molecule has 1 saturated carbocycles. The molecule has 1 aliphatic carbocycles. The first-order chi connectivity index (χ1) is 7.84. The number of carbonyl (C=O) groups excluding carboxylic acids is 1. The van der Waals surface area contributed by atoms with Crippen molar-refractivity contribution >= 4 is 11.3 Å². The van der Waals surface area contributed by atoms with Gasteiger partial charge < -0.3 is 0 Å². The molecule has 3 heteroatoms. The third-order valence-electron chi connectivity index (χ3n) is 3.41. The molecule has 0 aromatic carbocycles. The Morgan fingerprint density at radius 2 is 2.00 bits per heavy atom. The van der Waals surface area contributed by atoms with E-state index >= 15 is 0 Å². The van der Waals surface area contributed by atoms with Gasteiger partial charge in [0, 0.05) is 30.7 Å². The van der Waals surface area contributed by atoms with Crippen molar-refractivity contribution in [2.45, 2.75) is 31.6 Å². The van der Waals surface area contributed by atoms with E-state index in [0.717, 1.165) is 31.2 Å². The second kappa shape index (κ2) is 3.74. The number of aromatic nitrogens is 2. The second-order valence-electron chi connectivity index (χ2n) is 4.43. The van der Waals surface area contributed by atoms with Gasteiger partial charge in [0.25, 0.3) is 0 Å². The minimum atomic E-state index is 0.406. The molecule has 2 aromatic heterocycles. The van der Waals surface area contributed by atoms with Crippen LogP contribution in [0.3, 0.4) is 0 Å². The molecular weight excluding hydrogens is 200 g/mol. The molecule has 2 aromatic rings. The van der Waals surface area contributed by atoms with Crippen molar-refractivity contribution in [2.75, 3.05) is 0 Å². The van der Waals surface area contributed by atoms with Gasteiger partial charge >= 0.3 is 0 Å². The molecule has 1 fully saturated rings. The number of hydrogen-bond donors (Lipinski definition) is 0. The van der Waals surface area contributed by atoms with Gasteiger partial charge in [-0.05, 0) is 31.0 Å². The van der Waals surface area contributed by atoms with E-state index in [1.807, 2.05) is 16.8 Å². The lowest BCUT2D eigenvalue weighted by atomic mass is 9.86. The van der Waals surface area contributed by atoms with Crippen LogP contribution in [-0.2, 0) is 4.79 Å². The maximum atomic E-state index is 11.2. The molecule has 0 N–H and O–H groups in total. The summed E-state index contributed by atoms with van der Waals surface area (Å²) < 4.78 is 2.00. The molecular formula is C13H14N2O. The summed E-state index contributed by atoms with van der Waals surface area (Å²) in [7, 11) is 0. The molecule has 0 unspecified atom stereocenters. The predicted octanol–water partition coefficient (Wildman–Crippen LogP) is 2.56. The summed E-state index contributed by atoms with van der Waals surface area (Å²) in [6.07, 6.45) is 5.22. The summed E-state index contributed by atoms with van der Waals surface area (Å²) in [4.78, 5) is 11.2. The van der Waals surface area contributed by atoms with E-state index in [0.29, 0.717) is 11.7 Å². The zero-order valence-corrected chi connectivity index (χ0v) is 9.10. The average Bonchev–Trinajstić information content (AvgIpc) is 2.78. The highest BCUT2D eigenvalue weighted by Gasteiger charge is 2.22. The lowest BCUT2D eigenvalue weighted by Gasteiger charge is -2.21. The predicted molar refractivity (Wildman–Crippen MR) is 61.4 cm³/mol. The number of ketones is 1. The zero-order valence-electron chi connectivity index (χ0n) is 9.10. The van der Waals surface area contributed by atoms with Crippen LogP contribution in [0, 0.1) is 0 Å². The third-order valence-corrected chi connectivity index (χ3v) is 3.41. The Morgan fingerprint density at radius 3 is 2.81 bits per heavy atom. The topological polar surface area (TPSA) is 34.4 Å². The van der Waals surface area contributed by atoms with E-state index in [1.165, 1.54) is 5.69 Å². The van der Waals surface area contributed by atoms with Gasteiger partial charge in [-0.1, -0.05) is 6.07 Å². The third kappa shape index (κ3) is 1.52. The molecule has 82 valence electrons. The molecule has 0 amide bonds. The average molecular weight is 214 g/mol. The van der Waals surface area contributed by atoms with Gasteiger partial charge in [-0.25, -0.2) is 4.52 Å². The first-order valence-corrected chi connectivity index (χ1v) is 5.79. The standard InChI is InChI=1S/C13H14N2O/c16-12-6-4-10(5-7-12)13-3-1-2-11-8-9-14-15(11)13/h1-3,8-10H,4-7H2. The quantitative estimate of drug-likeness (QED) is 0.731. The number of hydrogen-bond acceptors (Lipinski definition) is 2. The van der Waals surface area contributed by atoms with Crippen LogP contribution in [-0.4, -0.2) is 15.4 Å². The van der Waals surface area contributed by atoms with Crippen molar-refractivity contribution < 1.29 is 4.79 Å². The summed E-state index contributed by atoms with van der Waals surface area (Å²) >= 11 is 0. The maximum absolute atomic E-state index is 11.2. The van der Waals surface area contributed by atoms with Crippen LogP contribution >= 0.6 is 0 Å². The van der Waals surface area contributed by atoms with Crippen LogP contribution in [0.2, 0.25) is 0 Å². The van der Waals surface area contributed by atoms with Crippen molar-refractivity contribution in [1.82, 2.24) is 9.61 Å². The van der Waals surface area contributed by atoms with E-state index in [9.17, 15) is 4.79 Å². The molecule has 0 atom stereocenters. The highest BCUT2D eigenvalue weighted by Crippen LogP contribution is 2.31. The van der Waals surface area contributed by atoms with Gasteiger partial charge in [0.15, 0.2) is 0 Å². The number of rotatable bonds is 1. The Morgan fingerprint density at radius 1 is 1.19 bits per heavy atom. The van der Waals surface area contributed by atoms with Gasteiger partial charge in [0.1, 0.15) is 5.78 Å². The lowest BCUT2D eigenvalue weighted by molar-refractivity contribution is -0.120. The molecule has 0 radical (unpaired) electrons. The van der Waals surface area contributed by atoms with Crippen molar-refractivity contribution in [3.05, 3.63) is 36.2 Å². The van der Waals surface area contributed by atoms with E-state index in [2.05, 4.69) is 23.3 Å². The highest BCUT2D eigenvalue weighted by molar-refractivity contribution is 5.79. The number of nitrogens with zero attached hydrogens (tertiary/aromatic N) is 2. The number of fused-ring (bicyclic) bond motifs is 1. The number of Topliss-reactive ketones (excluding diaryl/α,β-unsaturated/α-hetero) is 1. The zero-order chi connectivity index (χ0) is 11.0. The first-order valence-electron chi connectivity index (χ1n) is 5.79. The van der Waals surface area contributed by atoms with Crippen LogP contribution < -0.4 is 0 Å². The van der Waals surface area contributed by atoms with E-state index in [4.69, 9.17) is 0 Å². The fourth-order valence-electron chi connectivity index (χ4n) is 2.52.